The molecule has 0 spiro atoms. The third-order valence-corrected chi connectivity index (χ3v) is 22.9. The van der Waals surface area contributed by atoms with Crippen LogP contribution in [0.3, 0.4) is 0 Å². The van der Waals surface area contributed by atoms with Crippen LogP contribution in [0.2, 0.25) is 5.15 Å². The number of hydrogen-bond acceptors (Lipinski definition) is 10. The predicted molar refractivity (Wildman–Crippen MR) is 189 cm³/mol. The second-order valence-electron chi connectivity index (χ2n) is 10.2. The summed E-state index contributed by atoms with van der Waals surface area (Å²) < 4.78 is 5.58. The van der Waals surface area contributed by atoms with Crippen LogP contribution >= 0.6 is 11.6 Å². The Morgan fingerprint density at radius 2 is 1.73 bits per heavy atom. The molecule has 1 aromatic carbocycles. The Hall–Kier alpha value is -0.230. The van der Waals surface area contributed by atoms with Crippen LogP contribution in [0.5, 0.6) is 0 Å². The highest BCUT2D eigenvalue weighted by atomic mass is 35.5. The molecule has 0 atom stereocenters. The number of nitrogens with zero attached hydrogens (tertiary/aromatic N) is 2. The Labute approximate surface area is 272 Å². The normalized spacial score (nSPS) is 14.9. The van der Waals surface area contributed by atoms with Gasteiger partial charge in [-0.15, -0.1) is 0 Å². The first-order chi connectivity index (χ1) is 18.5. The van der Waals surface area contributed by atoms with Gasteiger partial charge < -0.3 is 15.0 Å². The van der Waals surface area contributed by atoms with Crippen molar-refractivity contribution in [1.82, 2.24) is 9.88 Å². The van der Waals surface area contributed by atoms with Crippen LogP contribution in [-0.2, 0) is 93.1 Å². The van der Waals surface area contributed by atoms with Gasteiger partial charge in [-0.3, -0.25) is 4.79 Å². The van der Waals surface area contributed by atoms with E-state index in [9.17, 15) is 9.59 Å². The number of anilines is 1. The molecule has 220 valence electrons. The smallest absolute Gasteiger partial charge is 0.410 e. The average molecular weight is 733 g/mol. The van der Waals surface area contributed by atoms with E-state index in [1.165, 1.54) is 12.3 Å². The number of pyridine rings is 1. The molecule has 2 amide bonds. The summed E-state index contributed by atoms with van der Waals surface area (Å²) >= 11 is 40.5. The minimum absolute atomic E-state index is 0.0689. The molecule has 1 aliphatic rings. The van der Waals surface area contributed by atoms with E-state index in [-0.39, 0.29) is 17.2 Å². The maximum Gasteiger partial charge on any atom is 0.410 e. The minimum Gasteiger partial charge on any atom is -0.444 e. The summed E-state index contributed by atoms with van der Waals surface area (Å²) in [5.41, 5.74) is 2.80. The van der Waals surface area contributed by atoms with Crippen LogP contribution in [0.4, 0.5) is 10.5 Å². The lowest BCUT2D eigenvalue weighted by Gasteiger charge is -2.36. The molecule has 3 rings (SSSR count). The molecule has 0 radical (unpaired) electrons. The molecule has 0 bridgehead atoms. The fourth-order valence-corrected chi connectivity index (χ4v) is 11.9. The number of carbonyl (C=O) groups excluding carboxylic acids is 2. The monoisotopic (exact) mass is 731 g/mol. The molecular weight excluding hydrogens is 702 g/mol. The number of carbonyl (C=O) groups is 2. The lowest BCUT2D eigenvalue weighted by Crippen LogP contribution is -2.41. The number of amides is 2. The summed E-state index contributed by atoms with van der Waals surface area (Å²) in [5, 5.41) is 3.29. The number of likely N-dealkylation sites (tertiary alicyclic amines) is 1. The van der Waals surface area contributed by atoms with Gasteiger partial charge in [0.2, 0.25) is 0 Å². The van der Waals surface area contributed by atoms with Crippen molar-refractivity contribution >= 4 is 118 Å². The van der Waals surface area contributed by atoms with Gasteiger partial charge in [-0.1, -0.05) is 19.6 Å². The fraction of sp³-hybridized carbons (Fsp3) is 0.458. The van der Waals surface area contributed by atoms with Gasteiger partial charge in [0, 0.05) is 29.7 Å². The SMILES string of the molecule is Cc1c(C)c(S(=S)(=S)[SH](=S)=S)c(NC(=O)c2ccnc(Cl)c2)c(C2CCN(C(=O)OC(C)(C)C)CC2)c1[SH](=S)=S. The van der Waals surface area contributed by atoms with Gasteiger partial charge in [-0.2, -0.15) is 0 Å². The Balaban J connectivity index is 2.23. The van der Waals surface area contributed by atoms with Gasteiger partial charge in [0.1, 0.15) is 10.8 Å². The van der Waals surface area contributed by atoms with Crippen molar-refractivity contribution in [2.45, 2.75) is 68.8 Å². The van der Waals surface area contributed by atoms with Crippen molar-refractivity contribution in [3.63, 3.8) is 0 Å². The molecule has 2 heterocycles. The quantitative estimate of drug-likeness (QED) is 0.216. The molecule has 0 saturated carbocycles. The first-order valence-corrected chi connectivity index (χ1v) is 23.3. The zero-order chi connectivity index (χ0) is 30.2. The van der Waals surface area contributed by atoms with E-state index in [0.29, 0.717) is 42.1 Å². The van der Waals surface area contributed by atoms with Gasteiger partial charge in [0.25, 0.3) is 5.91 Å². The molecule has 0 aliphatic carbocycles. The second kappa shape index (κ2) is 13.6. The molecular formula is C24H30ClN3O3S9. The average Bonchev–Trinajstić information content (AvgIpc) is 2.84. The zero-order valence-electron chi connectivity index (χ0n) is 22.4. The van der Waals surface area contributed by atoms with E-state index in [1.807, 2.05) is 34.6 Å². The molecule has 1 saturated heterocycles. The topological polar surface area (TPSA) is 71.5 Å². The number of ether oxygens (including phenoxy) is 1. The van der Waals surface area contributed by atoms with Crippen LogP contribution in [0.25, 0.3) is 0 Å². The van der Waals surface area contributed by atoms with Crippen molar-refractivity contribution in [2.24, 2.45) is 0 Å². The van der Waals surface area contributed by atoms with E-state index < -0.39 is 32.7 Å². The number of halogens is 1. The summed E-state index contributed by atoms with van der Waals surface area (Å²) in [6.07, 6.45) is -0.153. The predicted octanol–water partition coefficient (Wildman–Crippen LogP) is 4.98. The van der Waals surface area contributed by atoms with E-state index in [1.54, 1.807) is 11.0 Å². The maximum atomic E-state index is 13.6. The number of nitrogens with one attached hydrogen (secondary N) is 1. The first-order valence-electron chi connectivity index (χ1n) is 12.1. The largest absolute Gasteiger partial charge is 0.444 e. The van der Waals surface area contributed by atoms with Crippen molar-refractivity contribution < 1.29 is 14.3 Å². The number of piperidine rings is 1. The van der Waals surface area contributed by atoms with Crippen molar-refractivity contribution in [2.75, 3.05) is 18.4 Å². The van der Waals surface area contributed by atoms with Gasteiger partial charge in [0.15, 0.2) is 0 Å². The lowest BCUT2D eigenvalue weighted by atomic mass is 9.86. The fourth-order valence-electron chi connectivity index (χ4n) is 4.54. The minimum atomic E-state index is -2.48. The van der Waals surface area contributed by atoms with Crippen molar-refractivity contribution in [1.29, 1.82) is 0 Å². The number of benzene rings is 1. The molecule has 0 unspecified atom stereocenters. The molecule has 1 fully saturated rings. The van der Waals surface area contributed by atoms with Gasteiger partial charge in [-0.25, -0.2) is 9.78 Å². The van der Waals surface area contributed by atoms with Crippen molar-refractivity contribution in [3.05, 3.63) is 45.7 Å². The van der Waals surface area contributed by atoms with Crippen LogP contribution in [0.15, 0.2) is 28.1 Å². The van der Waals surface area contributed by atoms with Gasteiger partial charge in [0.05, 0.1) is 10.6 Å². The molecule has 1 aliphatic heterocycles. The summed E-state index contributed by atoms with van der Waals surface area (Å²) in [6, 6.07) is 3.06. The maximum absolute atomic E-state index is 13.6. The van der Waals surface area contributed by atoms with Crippen LogP contribution in [-0.4, -0.2) is 40.6 Å². The zero-order valence-corrected chi connectivity index (χ0v) is 30.6. The van der Waals surface area contributed by atoms with Gasteiger partial charge >= 0.3 is 6.09 Å². The number of thiol groups is 2. The number of hydrogen-bond donors (Lipinski definition) is 3. The summed E-state index contributed by atoms with van der Waals surface area (Å²) in [5.74, 6) is -0.468. The Kier molecular flexibility index (Phi) is 11.6. The Bertz CT molecular complexity index is 1600. The first kappa shape index (κ1) is 34.3. The highest BCUT2D eigenvalue weighted by molar-refractivity contribution is 9.05. The van der Waals surface area contributed by atoms with Gasteiger partial charge in [-0.05, 0) is 163 Å². The highest BCUT2D eigenvalue weighted by Gasteiger charge is 2.33. The van der Waals surface area contributed by atoms with Crippen molar-refractivity contribution in [3.8, 4) is 0 Å². The van der Waals surface area contributed by atoms with E-state index in [2.05, 4.69) is 10.3 Å². The number of aromatic nitrogens is 1. The molecule has 2 aromatic rings. The third kappa shape index (κ3) is 7.83. The molecule has 40 heavy (non-hydrogen) atoms. The molecule has 1 N–H and O–H groups in total. The summed E-state index contributed by atoms with van der Waals surface area (Å²) in [6.45, 7) is 10.3. The van der Waals surface area contributed by atoms with Crippen LogP contribution in [0.1, 0.15) is 66.6 Å². The Morgan fingerprint density at radius 3 is 2.23 bits per heavy atom. The number of rotatable bonds is 6. The molecule has 1 aromatic heterocycles. The highest BCUT2D eigenvalue weighted by Crippen LogP contribution is 2.44. The van der Waals surface area contributed by atoms with E-state index in [0.717, 1.165) is 21.6 Å². The Morgan fingerprint density at radius 1 is 1.12 bits per heavy atom. The molecule has 6 nitrogen and oxygen atoms in total. The van der Waals surface area contributed by atoms with Crippen LogP contribution in [0, 0.1) is 13.8 Å². The van der Waals surface area contributed by atoms with E-state index in [4.69, 9.17) is 83.5 Å². The second-order valence-corrected chi connectivity index (χ2v) is 28.4. The standard InChI is InChI=1S/C24H30ClN3O3S9/c1-13-14(2)21(40(36,37)39(34)35)19(27-22(29)16-6-9-26-17(25)12-16)18(20(13)38(32)33)15-7-10-28(11-8-15)23(30)31-24(3,4)5/h6,9,12,15,38-39H,7-8,10-11H2,1-5H3,(H,27,29). The lowest BCUT2D eigenvalue weighted by molar-refractivity contribution is 0.0204. The van der Waals surface area contributed by atoms with Crippen LogP contribution < -0.4 is 5.32 Å². The van der Waals surface area contributed by atoms with E-state index >= 15 is 0 Å². The molecule has 16 heteroatoms. The third-order valence-electron chi connectivity index (χ3n) is 6.43. The summed E-state index contributed by atoms with van der Waals surface area (Å²) in [4.78, 5) is 33.5. The summed E-state index contributed by atoms with van der Waals surface area (Å²) in [7, 11) is -2.96.